The van der Waals surface area contributed by atoms with Gasteiger partial charge in [-0.15, -0.1) is 0 Å². The molecule has 1 saturated heterocycles. The molecule has 0 saturated carbocycles. The number of rotatable bonds is 3. The van der Waals surface area contributed by atoms with Crippen LogP contribution in [0.3, 0.4) is 0 Å². The first-order valence-corrected chi connectivity index (χ1v) is 8.77. The summed E-state index contributed by atoms with van der Waals surface area (Å²) < 4.78 is 18.7. The highest BCUT2D eigenvalue weighted by atomic mass is 19.1. The number of halogens is 1. The van der Waals surface area contributed by atoms with Crippen molar-refractivity contribution in [1.82, 2.24) is 15.2 Å². The third kappa shape index (κ3) is 3.39. The zero-order valence-corrected chi connectivity index (χ0v) is 14.1. The minimum absolute atomic E-state index is 0.0109. The number of nitrogens with zero attached hydrogens (tertiary/aromatic N) is 1. The zero-order chi connectivity index (χ0) is 17.2. The fourth-order valence-electron chi connectivity index (χ4n) is 3.55. The van der Waals surface area contributed by atoms with E-state index in [4.69, 9.17) is 4.74 Å². The summed E-state index contributed by atoms with van der Waals surface area (Å²) in [5.74, 6) is 0.195. The number of aromatic amines is 1. The highest BCUT2D eigenvalue weighted by Crippen LogP contribution is 2.29. The molecule has 2 aliphatic heterocycles. The van der Waals surface area contributed by atoms with E-state index in [2.05, 4.69) is 16.4 Å². The van der Waals surface area contributed by atoms with E-state index < -0.39 is 0 Å². The average molecular weight is 343 g/mol. The van der Waals surface area contributed by atoms with Crippen molar-refractivity contribution in [3.8, 4) is 0 Å². The minimum Gasteiger partial charge on any atom is -0.381 e. The molecule has 1 fully saturated rings. The lowest BCUT2D eigenvalue weighted by Gasteiger charge is -2.27. The zero-order valence-electron chi connectivity index (χ0n) is 14.1. The summed E-state index contributed by atoms with van der Waals surface area (Å²) in [6, 6.07) is 4.79. The van der Waals surface area contributed by atoms with Crippen molar-refractivity contribution in [2.24, 2.45) is 5.92 Å². The van der Waals surface area contributed by atoms with Gasteiger partial charge < -0.3 is 19.9 Å². The predicted molar refractivity (Wildman–Crippen MR) is 94.7 cm³/mol. The molecule has 6 heteroatoms. The first-order chi connectivity index (χ1) is 12.2. The molecule has 2 aliphatic rings. The predicted octanol–water partition coefficient (Wildman–Crippen LogP) is 3.14. The maximum Gasteiger partial charge on any atom is 0.317 e. The van der Waals surface area contributed by atoms with Crippen molar-refractivity contribution in [2.75, 3.05) is 32.8 Å². The van der Waals surface area contributed by atoms with Gasteiger partial charge >= 0.3 is 6.03 Å². The van der Waals surface area contributed by atoms with Crippen molar-refractivity contribution in [1.29, 1.82) is 0 Å². The molecule has 3 heterocycles. The summed E-state index contributed by atoms with van der Waals surface area (Å²) in [4.78, 5) is 17.2. The van der Waals surface area contributed by atoms with Crippen LogP contribution in [-0.4, -0.2) is 48.8 Å². The number of H-pyrrole nitrogens is 1. The molecule has 4 rings (SSSR count). The summed E-state index contributed by atoms with van der Waals surface area (Å²) in [6.45, 7) is 3.50. The molecule has 1 atom stereocenters. The van der Waals surface area contributed by atoms with Gasteiger partial charge in [0.05, 0.1) is 6.61 Å². The highest BCUT2D eigenvalue weighted by Gasteiger charge is 2.21. The molecular formula is C19H22FN3O2. The molecule has 1 aromatic carbocycles. The van der Waals surface area contributed by atoms with Crippen LogP contribution in [0, 0.1) is 11.7 Å². The molecule has 2 aromatic rings. The van der Waals surface area contributed by atoms with E-state index in [9.17, 15) is 9.18 Å². The number of fused-ring (bicyclic) bond motifs is 1. The van der Waals surface area contributed by atoms with Gasteiger partial charge in [-0.3, -0.25) is 0 Å². The number of ether oxygens (including phenoxy) is 1. The van der Waals surface area contributed by atoms with Crippen LogP contribution in [-0.2, 0) is 4.74 Å². The van der Waals surface area contributed by atoms with Crippen LogP contribution in [0.4, 0.5) is 9.18 Å². The number of amides is 2. The maximum atomic E-state index is 13.3. The van der Waals surface area contributed by atoms with Crippen LogP contribution in [0.25, 0.3) is 16.5 Å². The Morgan fingerprint density at radius 3 is 3.12 bits per heavy atom. The average Bonchev–Trinajstić information content (AvgIpc) is 3.29. The first kappa shape index (κ1) is 16.1. The van der Waals surface area contributed by atoms with E-state index in [0.717, 1.165) is 42.5 Å². The Balaban J connectivity index is 1.40. The number of hydrogen-bond acceptors (Lipinski definition) is 2. The third-order valence-corrected chi connectivity index (χ3v) is 5.05. The Morgan fingerprint density at radius 1 is 1.44 bits per heavy atom. The molecule has 0 unspecified atom stereocenters. The molecule has 2 amide bonds. The van der Waals surface area contributed by atoms with E-state index in [0.29, 0.717) is 25.6 Å². The Labute approximate surface area is 145 Å². The maximum absolute atomic E-state index is 13.3. The van der Waals surface area contributed by atoms with Gasteiger partial charge in [0.1, 0.15) is 5.82 Å². The summed E-state index contributed by atoms with van der Waals surface area (Å²) >= 11 is 0. The fourth-order valence-corrected chi connectivity index (χ4v) is 3.55. The number of urea groups is 1. The summed E-state index contributed by atoms with van der Waals surface area (Å²) in [5.41, 5.74) is 3.10. The van der Waals surface area contributed by atoms with Gasteiger partial charge in [-0.25, -0.2) is 9.18 Å². The van der Waals surface area contributed by atoms with Gasteiger partial charge in [0.2, 0.25) is 0 Å². The number of hydrogen-bond donors (Lipinski definition) is 2. The second-order valence-electron chi connectivity index (χ2n) is 6.73. The quantitative estimate of drug-likeness (QED) is 0.899. The van der Waals surface area contributed by atoms with Gasteiger partial charge in [-0.2, -0.15) is 0 Å². The molecule has 0 radical (unpaired) electrons. The molecule has 1 aromatic heterocycles. The van der Waals surface area contributed by atoms with Crippen LogP contribution in [0.1, 0.15) is 18.4 Å². The molecule has 2 N–H and O–H groups in total. The van der Waals surface area contributed by atoms with Crippen LogP contribution in [0.2, 0.25) is 0 Å². The molecule has 5 nitrogen and oxygen atoms in total. The molecular weight excluding hydrogens is 321 g/mol. The summed E-state index contributed by atoms with van der Waals surface area (Å²) in [7, 11) is 0. The number of nitrogens with one attached hydrogen (secondary N) is 2. The normalized spacial score (nSPS) is 20.8. The second kappa shape index (κ2) is 6.88. The lowest BCUT2D eigenvalue weighted by molar-refractivity contribution is 0.181. The van der Waals surface area contributed by atoms with Gasteiger partial charge in [0.15, 0.2) is 0 Å². The molecule has 0 aliphatic carbocycles. The first-order valence-electron chi connectivity index (χ1n) is 8.77. The van der Waals surface area contributed by atoms with Crippen molar-refractivity contribution >= 4 is 22.5 Å². The molecule has 0 bridgehead atoms. The molecule has 25 heavy (non-hydrogen) atoms. The Kier molecular flexibility index (Phi) is 4.44. The van der Waals surface area contributed by atoms with Crippen LogP contribution >= 0.6 is 0 Å². The van der Waals surface area contributed by atoms with E-state index in [1.807, 2.05) is 11.1 Å². The lowest BCUT2D eigenvalue weighted by Crippen LogP contribution is -2.43. The molecule has 132 valence electrons. The largest absolute Gasteiger partial charge is 0.381 e. The van der Waals surface area contributed by atoms with Gasteiger partial charge in [-0.1, -0.05) is 6.08 Å². The SMILES string of the molecule is O=C(NC[C@@H]1CCOC1)N1CC=C(c2c[nH]c3cc(F)ccc23)CC1. The van der Waals surface area contributed by atoms with Crippen LogP contribution in [0.15, 0.2) is 30.5 Å². The summed E-state index contributed by atoms with van der Waals surface area (Å²) in [6.07, 6.45) is 5.83. The van der Waals surface area contributed by atoms with Crippen LogP contribution in [0.5, 0.6) is 0 Å². The van der Waals surface area contributed by atoms with E-state index in [1.165, 1.54) is 17.7 Å². The minimum atomic E-state index is -0.242. The third-order valence-electron chi connectivity index (χ3n) is 5.05. The Morgan fingerprint density at radius 2 is 2.36 bits per heavy atom. The van der Waals surface area contributed by atoms with Crippen molar-refractivity contribution in [3.05, 3.63) is 41.9 Å². The standard InChI is InChI=1S/C19H22FN3O2/c20-15-1-2-16-17(11-21-18(16)9-15)14-3-6-23(7-4-14)19(24)22-10-13-5-8-25-12-13/h1-3,9,11,13,21H,4-8,10,12H2,(H,22,24)/t13-/m0/s1. The van der Waals surface area contributed by atoms with Crippen molar-refractivity contribution in [2.45, 2.75) is 12.8 Å². The lowest BCUT2D eigenvalue weighted by atomic mass is 9.99. The Bertz CT molecular complexity index is 808. The van der Waals surface area contributed by atoms with Crippen molar-refractivity contribution in [3.63, 3.8) is 0 Å². The topological polar surface area (TPSA) is 57.4 Å². The van der Waals surface area contributed by atoms with E-state index in [1.54, 1.807) is 6.07 Å². The second-order valence-corrected chi connectivity index (χ2v) is 6.73. The smallest absolute Gasteiger partial charge is 0.317 e. The highest BCUT2D eigenvalue weighted by molar-refractivity contribution is 5.93. The van der Waals surface area contributed by atoms with Gasteiger partial charge in [-0.05, 0) is 36.6 Å². The number of aromatic nitrogens is 1. The monoisotopic (exact) mass is 343 g/mol. The van der Waals surface area contributed by atoms with E-state index in [-0.39, 0.29) is 11.8 Å². The fraction of sp³-hybridized carbons (Fsp3) is 0.421. The van der Waals surface area contributed by atoms with Gasteiger partial charge in [0.25, 0.3) is 0 Å². The van der Waals surface area contributed by atoms with Gasteiger partial charge in [0, 0.05) is 54.8 Å². The van der Waals surface area contributed by atoms with E-state index >= 15 is 0 Å². The number of carbonyl (C=O) groups is 1. The Hall–Kier alpha value is -2.34. The number of benzene rings is 1. The molecule has 0 spiro atoms. The van der Waals surface area contributed by atoms with Crippen molar-refractivity contribution < 1.29 is 13.9 Å². The number of carbonyl (C=O) groups excluding carboxylic acids is 1. The van der Waals surface area contributed by atoms with Crippen LogP contribution < -0.4 is 5.32 Å². The summed E-state index contributed by atoms with van der Waals surface area (Å²) in [5, 5.41) is 4.03.